The summed E-state index contributed by atoms with van der Waals surface area (Å²) in [4.78, 5) is 0. The molecule has 0 unspecified atom stereocenters. The summed E-state index contributed by atoms with van der Waals surface area (Å²) < 4.78 is 12.4. The number of fused-ring (bicyclic) bond motifs is 3. The second-order valence-corrected chi connectivity index (χ2v) is 12.9. The van der Waals surface area contributed by atoms with E-state index in [1.807, 2.05) is 44.2 Å². The molecule has 0 atom stereocenters. The fourth-order valence-electron chi connectivity index (χ4n) is 5.73. The summed E-state index contributed by atoms with van der Waals surface area (Å²) in [5.74, 6) is 0. The zero-order valence-corrected chi connectivity index (χ0v) is 26.6. The van der Waals surface area contributed by atoms with Crippen molar-refractivity contribution >= 4 is 34.9 Å². The molecule has 46 heavy (non-hydrogen) atoms. The van der Waals surface area contributed by atoms with Gasteiger partial charge in [0.1, 0.15) is 11.2 Å². The Morgan fingerprint density at radius 2 is 1.07 bits per heavy atom. The standard InChI is InChI=1S/C42H36BO3/c1-41(2,44)42(3,4)46-43-35-13-8-12-34(26-35)36-14-9-15-39-40(36)37-27-33(24-25-38(37)45-39)32-22-20-31(21-23-32)30-18-16-29(17-19-30)28-10-6-5-7-11-28/h5-27,44H,1-4H3. The maximum absolute atomic E-state index is 10.5. The van der Waals surface area contributed by atoms with E-state index in [1.54, 1.807) is 21.3 Å². The van der Waals surface area contributed by atoms with Gasteiger partial charge in [0.05, 0.1) is 11.2 Å². The minimum Gasteiger partial charge on any atom is -0.456 e. The minimum absolute atomic E-state index is 0.745. The molecule has 7 aromatic rings. The molecule has 1 N–H and O–H groups in total. The third-order valence-electron chi connectivity index (χ3n) is 9.20. The van der Waals surface area contributed by atoms with Crippen LogP contribution in [-0.4, -0.2) is 23.8 Å². The molecule has 0 aliphatic carbocycles. The van der Waals surface area contributed by atoms with Gasteiger partial charge in [0.2, 0.25) is 0 Å². The van der Waals surface area contributed by atoms with Crippen molar-refractivity contribution in [3.63, 3.8) is 0 Å². The molecular formula is C42H36BO3. The third-order valence-corrected chi connectivity index (χ3v) is 9.20. The van der Waals surface area contributed by atoms with Gasteiger partial charge in [0.15, 0.2) is 0 Å². The molecule has 3 nitrogen and oxygen atoms in total. The average Bonchev–Trinajstić information content (AvgIpc) is 3.46. The molecule has 1 radical (unpaired) electrons. The largest absolute Gasteiger partial charge is 0.456 e. The van der Waals surface area contributed by atoms with Crippen LogP contribution < -0.4 is 5.46 Å². The molecule has 0 spiro atoms. The number of benzene rings is 6. The van der Waals surface area contributed by atoms with Gasteiger partial charge in [-0.3, -0.25) is 0 Å². The molecule has 0 fully saturated rings. The lowest BCUT2D eigenvalue weighted by Gasteiger charge is -2.37. The number of rotatable bonds is 8. The van der Waals surface area contributed by atoms with Gasteiger partial charge in [-0.05, 0) is 90.4 Å². The molecule has 7 rings (SSSR count). The van der Waals surface area contributed by atoms with Crippen LogP contribution in [0.2, 0.25) is 0 Å². The van der Waals surface area contributed by atoms with Crippen molar-refractivity contribution in [3.8, 4) is 44.5 Å². The Hall–Kier alpha value is -4.90. The molecule has 0 amide bonds. The van der Waals surface area contributed by atoms with Crippen LogP contribution in [-0.2, 0) is 4.65 Å². The van der Waals surface area contributed by atoms with Crippen LogP contribution in [0.15, 0.2) is 144 Å². The summed E-state index contributed by atoms with van der Waals surface area (Å²) in [6.07, 6.45) is 0. The van der Waals surface area contributed by atoms with E-state index in [9.17, 15) is 5.11 Å². The Morgan fingerprint density at radius 3 is 1.70 bits per heavy atom. The first-order chi connectivity index (χ1) is 22.2. The predicted molar refractivity (Wildman–Crippen MR) is 192 cm³/mol. The van der Waals surface area contributed by atoms with Crippen molar-refractivity contribution in [3.05, 3.63) is 140 Å². The molecule has 1 heterocycles. The zero-order valence-electron chi connectivity index (χ0n) is 26.6. The van der Waals surface area contributed by atoms with E-state index in [0.717, 1.165) is 49.7 Å². The van der Waals surface area contributed by atoms with Crippen molar-refractivity contribution in [2.75, 3.05) is 0 Å². The maximum Gasteiger partial charge on any atom is 0.330 e. The van der Waals surface area contributed by atoms with Crippen molar-refractivity contribution in [1.29, 1.82) is 0 Å². The third kappa shape index (κ3) is 5.78. The van der Waals surface area contributed by atoms with Gasteiger partial charge < -0.3 is 14.2 Å². The zero-order chi connectivity index (χ0) is 31.9. The summed E-state index contributed by atoms with van der Waals surface area (Å²) >= 11 is 0. The van der Waals surface area contributed by atoms with Crippen LogP contribution in [0.5, 0.6) is 0 Å². The van der Waals surface area contributed by atoms with Gasteiger partial charge in [-0.2, -0.15) is 0 Å². The summed E-state index contributed by atoms with van der Waals surface area (Å²) in [7, 11) is 1.73. The molecule has 0 aliphatic rings. The highest BCUT2D eigenvalue weighted by Crippen LogP contribution is 2.38. The van der Waals surface area contributed by atoms with E-state index in [-0.39, 0.29) is 0 Å². The SMILES string of the molecule is CC(C)(O)C(C)(C)O[B]c1cccc(-c2cccc3oc4ccc(-c5ccc(-c6ccc(-c7ccccc7)cc6)cc5)cc4c23)c1. The lowest BCUT2D eigenvalue weighted by Crippen LogP contribution is -2.49. The smallest absolute Gasteiger partial charge is 0.330 e. The monoisotopic (exact) mass is 599 g/mol. The average molecular weight is 600 g/mol. The Kier molecular flexibility index (Phi) is 7.64. The Morgan fingerprint density at radius 1 is 0.522 bits per heavy atom. The second kappa shape index (κ2) is 11.8. The fraction of sp³-hybridized carbons (Fsp3) is 0.143. The Balaban J connectivity index is 1.19. The van der Waals surface area contributed by atoms with Gasteiger partial charge in [-0.15, -0.1) is 0 Å². The van der Waals surface area contributed by atoms with Crippen LogP contribution in [0.4, 0.5) is 0 Å². The molecule has 6 aromatic carbocycles. The van der Waals surface area contributed by atoms with E-state index in [0.29, 0.717) is 0 Å². The lowest BCUT2D eigenvalue weighted by atomic mass is 9.81. The highest BCUT2D eigenvalue weighted by atomic mass is 16.5. The molecule has 0 bridgehead atoms. The highest BCUT2D eigenvalue weighted by Gasteiger charge is 2.35. The van der Waals surface area contributed by atoms with Crippen LogP contribution in [0.1, 0.15) is 27.7 Å². The summed E-state index contributed by atoms with van der Waals surface area (Å²) in [6.45, 7) is 7.30. The molecular weight excluding hydrogens is 563 g/mol. The van der Waals surface area contributed by atoms with Crippen molar-refractivity contribution in [2.45, 2.75) is 38.9 Å². The molecule has 0 aliphatic heterocycles. The summed E-state index contributed by atoms with van der Waals surface area (Å²) in [5, 5.41) is 12.7. The van der Waals surface area contributed by atoms with Gasteiger partial charge in [0, 0.05) is 10.8 Å². The number of hydrogen-bond donors (Lipinski definition) is 1. The van der Waals surface area contributed by atoms with Crippen LogP contribution in [0.3, 0.4) is 0 Å². The second-order valence-electron chi connectivity index (χ2n) is 12.9. The number of furan rings is 1. The van der Waals surface area contributed by atoms with E-state index in [1.165, 1.54) is 22.3 Å². The van der Waals surface area contributed by atoms with E-state index in [4.69, 9.17) is 9.07 Å². The molecule has 0 saturated carbocycles. The van der Waals surface area contributed by atoms with E-state index >= 15 is 0 Å². The minimum atomic E-state index is -0.991. The fourth-order valence-corrected chi connectivity index (χ4v) is 5.73. The quantitative estimate of drug-likeness (QED) is 0.177. The molecule has 4 heteroatoms. The summed E-state index contributed by atoms with van der Waals surface area (Å²) in [5.41, 5.74) is 10.2. The normalized spacial score (nSPS) is 12.1. The van der Waals surface area contributed by atoms with Gasteiger partial charge >= 0.3 is 7.48 Å². The van der Waals surface area contributed by atoms with Crippen molar-refractivity contribution in [1.82, 2.24) is 0 Å². The molecule has 225 valence electrons. The van der Waals surface area contributed by atoms with E-state index in [2.05, 4.69) is 109 Å². The maximum atomic E-state index is 10.5. The van der Waals surface area contributed by atoms with E-state index < -0.39 is 11.2 Å². The van der Waals surface area contributed by atoms with Crippen molar-refractivity contribution < 1.29 is 14.2 Å². The highest BCUT2D eigenvalue weighted by molar-refractivity contribution is 6.47. The van der Waals surface area contributed by atoms with Gasteiger partial charge in [-0.25, -0.2) is 0 Å². The Bertz CT molecular complexity index is 2140. The van der Waals surface area contributed by atoms with Crippen LogP contribution >= 0.6 is 0 Å². The number of aliphatic hydroxyl groups is 1. The first-order valence-corrected chi connectivity index (χ1v) is 15.7. The Labute approximate surface area is 271 Å². The molecule has 1 aromatic heterocycles. The molecule has 0 saturated heterocycles. The first kappa shape index (κ1) is 29.8. The topological polar surface area (TPSA) is 42.6 Å². The first-order valence-electron chi connectivity index (χ1n) is 15.7. The lowest BCUT2D eigenvalue weighted by molar-refractivity contribution is -0.0893. The summed E-state index contributed by atoms with van der Waals surface area (Å²) in [6, 6.07) is 48.9. The van der Waals surface area contributed by atoms with Crippen LogP contribution in [0.25, 0.3) is 66.4 Å². The van der Waals surface area contributed by atoms with Gasteiger partial charge in [-0.1, -0.05) is 127 Å². The predicted octanol–water partition coefficient (Wildman–Crippen LogP) is 10.1. The van der Waals surface area contributed by atoms with Crippen molar-refractivity contribution in [2.24, 2.45) is 0 Å². The van der Waals surface area contributed by atoms with Crippen LogP contribution in [0, 0.1) is 0 Å². The van der Waals surface area contributed by atoms with Gasteiger partial charge in [0.25, 0.3) is 0 Å². The number of hydrogen-bond acceptors (Lipinski definition) is 3.